The molecule has 0 aliphatic carbocycles. The van der Waals surface area contributed by atoms with E-state index in [0.717, 1.165) is 23.5 Å². The lowest BCUT2D eigenvalue weighted by Crippen LogP contribution is -2.31. The van der Waals surface area contributed by atoms with Gasteiger partial charge in [0.2, 0.25) is 5.91 Å². The van der Waals surface area contributed by atoms with Crippen LogP contribution in [0.4, 0.5) is 0 Å². The van der Waals surface area contributed by atoms with Gasteiger partial charge in [0.25, 0.3) is 0 Å². The molecule has 20 heavy (non-hydrogen) atoms. The molecule has 1 atom stereocenters. The summed E-state index contributed by atoms with van der Waals surface area (Å²) in [7, 11) is 1.50. The molecule has 2 aromatic rings. The molecule has 0 radical (unpaired) electrons. The minimum atomic E-state index is -0.142. The van der Waals surface area contributed by atoms with E-state index >= 15 is 0 Å². The van der Waals surface area contributed by atoms with Crippen LogP contribution in [0.2, 0.25) is 0 Å². The molecule has 5 heteroatoms. The summed E-state index contributed by atoms with van der Waals surface area (Å²) in [5.41, 5.74) is 2.02. The molecule has 0 aliphatic rings. The van der Waals surface area contributed by atoms with Gasteiger partial charge in [0.1, 0.15) is 12.4 Å². The Labute approximate surface area is 118 Å². The summed E-state index contributed by atoms with van der Waals surface area (Å²) in [5.74, 6) is 0.618. The molecular formula is C15H19N3O2. The molecule has 1 heterocycles. The van der Waals surface area contributed by atoms with Crippen molar-refractivity contribution in [2.24, 2.45) is 0 Å². The van der Waals surface area contributed by atoms with E-state index in [1.54, 1.807) is 6.20 Å². The highest BCUT2D eigenvalue weighted by atomic mass is 16.5. The molecule has 0 spiro atoms. The van der Waals surface area contributed by atoms with Crippen molar-refractivity contribution in [3.8, 4) is 11.3 Å². The summed E-state index contributed by atoms with van der Waals surface area (Å²) in [4.78, 5) is 19.2. The zero-order chi connectivity index (χ0) is 14.4. The van der Waals surface area contributed by atoms with Crippen LogP contribution in [0.3, 0.4) is 0 Å². The molecule has 0 aliphatic heterocycles. The van der Waals surface area contributed by atoms with Crippen molar-refractivity contribution in [3.05, 3.63) is 42.4 Å². The monoisotopic (exact) mass is 273 g/mol. The van der Waals surface area contributed by atoms with Gasteiger partial charge in [-0.25, -0.2) is 4.98 Å². The second-order valence-electron chi connectivity index (χ2n) is 4.51. The van der Waals surface area contributed by atoms with Crippen LogP contribution in [0.1, 0.15) is 25.2 Å². The third kappa shape index (κ3) is 3.45. The molecule has 0 saturated carbocycles. The topological polar surface area (TPSA) is 67.0 Å². The zero-order valence-electron chi connectivity index (χ0n) is 11.7. The maximum Gasteiger partial charge on any atom is 0.246 e. The van der Waals surface area contributed by atoms with Gasteiger partial charge in [0.15, 0.2) is 0 Å². The number of hydrogen-bond acceptors (Lipinski definition) is 3. The molecule has 1 aromatic carbocycles. The number of H-pyrrole nitrogens is 1. The summed E-state index contributed by atoms with van der Waals surface area (Å²) in [5, 5.41) is 2.89. The van der Waals surface area contributed by atoms with Crippen molar-refractivity contribution in [3.63, 3.8) is 0 Å². The number of aromatic amines is 1. The molecule has 1 aromatic heterocycles. The Morgan fingerprint density at radius 1 is 1.40 bits per heavy atom. The standard InChI is InChI=1S/C15H19N3O2/c1-3-12(17-14(19)10-20-2)15-16-9-13(18-15)11-7-5-4-6-8-11/h4-9,12H,3,10H2,1-2H3,(H,16,18)(H,17,19)/t12-/m0/s1. The first-order valence-corrected chi connectivity index (χ1v) is 6.63. The number of nitrogens with one attached hydrogen (secondary N) is 2. The number of nitrogens with zero attached hydrogens (tertiary/aromatic N) is 1. The van der Waals surface area contributed by atoms with E-state index in [9.17, 15) is 4.79 Å². The molecule has 0 saturated heterocycles. The van der Waals surface area contributed by atoms with Crippen LogP contribution >= 0.6 is 0 Å². The van der Waals surface area contributed by atoms with Crippen molar-refractivity contribution in [2.45, 2.75) is 19.4 Å². The predicted molar refractivity (Wildman–Crippen MR) is 77.1 cm³/mol. The summed E-state index contributed by atoms with van der Waals surface area (Å²) in [6.07, 6.45) is 2.55. The lowest BCUT2D eigenvalue weighted by Gasteiger charge is -2.14. The molecule has 0 bridgehead atoms. The van der Waals surface area contributed by atoms with E-state index in [1.807, 2.05) is 37.3 Å². The second-order valence-corrected chi connectivity index (χ2v) is 4.51. The maximum absolute atomic E-state index is 11.6. The average molecular weight is 273 g/mol. The Balaban J connectivity index is 2.12. The first kappa shape index (κ1) is 14.3. The van der Waals surface area contributed by atoms with E-state index in [0.29, 0.717) is 0 Å². The van der Waals surface area contributed by atoms with Crippen molar-refractivity contribution in [1.82, 2.24) is 15.3 Å². The third-order valence-corrected chi connectivity index (χ3v) is 3.03. The van der Waals surface area contributed by atoms with E-state index in [1.165, 1.54) is 7.11 Å². The average Bonchev–Trinajstić information content (AvgIpc) is 2.95. The van der Waals surface area contributed by atoms with Crippen LogP contribution < -0.4 is 5.32 Å². The Morgan fingerprint density at radius 2 is 2.15 bits per heavy atom. The smallest absolute Gasteiger partial charge is 0.246 e. The number of amides is 1. The lowest BCUT2D eigenvalue weighted by molar-refractivity contribution is -0.125. The van der Waals surface area contributed by atoms with Gasteiger partial charge in [-0.1, -0.05) is 37.3 Å². The highest BCUT2D eigenvalue weighted by Gasteiger charge is 2.16. The first-order chi connectivity index (χ1) is 9.74. The highest BCUT2D eigenvalue weighted by molar-refractivity contribution is 5.77. The molecule has 106 valence electrons. The molecule has 0 unspecified atom stereocenters. The van der Waals surface area contributed by atoms with Crippen LogP contribution in [-0.4, -0.2) is 29.6 Å². The van der Waals surface area contributed by atoms with Crippen LogP contribution in [0, 0.1) is 0 Å². The van der Waals surface area contributed by atoms with Crippen molar-refractivity contribution < 1.29 is 9.53 Å². The second kappa shape index (κ2) is 6.86. The van der Waals surface area contributed by atoms with Gasteiger partial charge in [-0.3, -0.25) is 4.79 Å². The SMILES string of the molecule is CC[C@H](NC(=O)COC)c1ncc(-c2ccccc2)[nH]1. The minimum absolute atomic E-state index is 0.0583. The summed E-state index contributed by atoms with van der Waals surface area (Å²) < 4.78 is 4.82. The minimum Gasteiger partial charge on any atom is -0.375 e. The highest BCUT2D eigenvalue weighted by Crippen LogP contribution is 2.20. The number of benzene rings is 1. The Bertz CT molecular complexity index is 551. The largest absolute Gasteiger partial charge is 0.375 e. The lowest BCUT2D eigenvalue weighted by atomic mass is 10.2. The summed E-state index contributed by atoms with van der Waals surface area (Å²) in [6, 6.07) is 9.83. The Kier molecular flexibility index (Phi) is 4.90. The van der Waals surface area contributed by atoms with Crippen LogP contribution in [0.25, 0.3) is 11.3 Å². The van der Waals surface area contributed by atoms with Crippen LogP contribution in [-0.2, 0) is 9.53 Å². The number of aromatic nitrogens is 2. The number of carbonyl (C=O) groups is 1. The quantitative estimate of drug-likeness (QED) is 0.848. The molecule has 1 amide bonds. The molecule has 5 nitrogen and oxygen atoms in total. The number of carbonyl (C=O) groups excluding carboxylic acids is 1. The van der Waals surface area contributed by atoms with Gasteiger partial charge in [-0.2, -0.15) is 0 Å². The van der Waals surface area contributed by atoms with Crippen LogP contribution in [0.15, 0.2) is 36.5 Å². The maximum atomic E-state index is 11.6. The zero-order valence-corrected chi connectivity index (χ0v) is 11.7. The fourth-order valence-corrected chi connectivity index (χ4v) is 2.01. The fourth-order valence-electron chi connectivity index (χ4n) is 2.01. The predicted octanol–water partition coefficient (Wildman–Crippen LogP) is 2.29. The summed E-state index contributed by atoms with van der Waals surface area (Å²) in [6.45, 7) is 2.06. The van der Waals surface area contributed by atoms with Gasteiger partial charge < -0.3 is 15.0 Å². The number of methoxy groups -OCH3 is 1. The van der Waals surface area contributed by atoms with Crippen LogP contribution in [0.5, 0.6) is 0 Å². The molecular weight excluding hydrogens is 254 g/mol. The van der Waals surface area contributed by atoms with E-state index < -0.39 is 0 Å². The van der Waals surface area contributed by atoms with E-state index in [2.05, 4.69) is 15.3 Å². The Hall–Kier alpha value is -2.14. The molecule has 2 N–H and O–H groups in total. The molecule has 2 rings (SSSR count). The normalized spacial score (nSPS) is 12.1. The number of rotatable bonds is 6. The van der Waals surface area contributed by atoms with Crippen molar-refractivity contribution in [1.29, 1.82) is 0 Å². The van der Waals surface area contributed by atoms with Gasteiger partial charge in [-0.05, 0) is 12.0 Å². The van der Waals surface area contributed by atoms with Crippen molar-refractivity contribution in [2.75, 3.05) is 13.7 Å². The number of ether oxygens (including phenoxy) is 1. The fraction of sp³-hybridized carbons (Fsp3) is 0.333. The first-order valence-electron chi connectivity index (χ1n) is 6.63. The Morgan fingerprint density at radius 3 is 2.80 bits per heavy atom. The third-order valence-electron chi connectivity index (χ3n) is 3.03. The number of imidazole rings is 1. The van der Waals surface area contributed by atoms with Gasteiger partial charge in [0.05, 0.1) is 17.9 Å². The number of hydrogen-bond donors (Lipinski definition) is 2. The van der Waals surface area contributed by atoms with Crippen molar-refractivity contribution >= 4 is 5.91 Å². The molecule has 0 fully saturated rings. The van der Waals surface area contributed by atoms with E-state index in [-0.39, 0.29) is 18.6 Å². The van der Waals surface area contributed by atoms with Gasteiger partial charge >= 0.3 is 0 Å². The van der Waals surface area contributed by atoms with Gasteiger partial charge in [0, 0.05) is 7.11 Å². The summed E-state index contributed by atoms with van der Waals surface area (Å²) >= 11 is 0. The van der Waals surface area contributed by atoms with E-state index in [4.69, 9.17) is 4.74 Å². The van der Waals surface area contributed by atoms with Gasteiger partial charge in [-0.15, -0.1) is 0 Å².